The third kappa shape index (κ3) is 7.81. The molecule has 0 aliphatic rings. The molecule has 3 aromatic rings. The number of carbonyl (C=O) groups is 3. The van der Waals surface area contributed by atoms with Gasteiger partial charge in [-0.1, -0.05) is 11.6 Å². The van der Waals surface area contributed by atoms with E-state index in [1.807, 2.05) is 26.8 Å². The molecule has 0 aromatic heterocycles. The van der Waals surface area contributed by atoms with Crippen molar-refractivity contribution >= 4 is 35.0 Å². The highest BCUT2D eigenvalue weighted by Crippen LogP contribution is 2.29. The molecule has 3 aromatic carbocycles. The lowest BCUT2D eigenvalue weighted by Crippen LogP contribution is -2.18. The summed E-state index contributed by atoms with van der Waals surface area (Å²) in [5.41, 5.74) is 15.5. The quantitative estimate of drug-likeness (QED) is 0.151. The molecule has 8 N–H and O–H groups in total. The summed E-state index contributed by atoms with van der Waals surface area (Å²) in [6, 6.07) is 15.2. The molecule has 0 saturated carbocycles. The lowest BCUT2D eigenvalue weighted by Gasteiger charge is -2.20. The zero-order chi connectivity index (χ0) is 28.7. The van der Waals surface area contributed by atoms with Gasteiger partial charge in [-0.15, -0.1) is 0 Å². The minimum Gasteiger partial charge on any atom is -0.491 e. The van der Waals surface area contributed by atoms with E-state index in [0.717, 1.165) is 5.56 Å². The minimum absolute atomic E-state index is 0.0665. The summed E-state index contributed by atoms with van der Waals surface area (Å²) >= 11 is 0. The number of hydrogen-bond donors (Lipinski definition) is 6. The Kier molecular flexibility index (Phi) is 9.27. The van der Waals surface area contributed by atoms with Gasteiger partial charge < -0.3 is 31.9 Å². The smallest absolute Gasteiger partial charge is 0.303 e. The van der Waals surface area contributed by atoms with Crippen LogP contribution in [0.5, 0.6) is 5.75 Å². The van der Waals surface area contributed by atoms with Crippen LogP contribution < -0.4 is 26.8 Å². The standard InChI is InChI=1S/C29H33N5O5/c1-16(2)39-25-14-19(28(32)37)13-20(22(25)9-11-26(35)36)15-33-24-10-4-17(3)12-23(24)29(38)34-21-7-5-18(6-8-21)27(30)31/h4-8,10,12-14,16,33H,9,11,15H2,1-3H3,(H3,30,31)(H2,32,37)(H,34,38)(H,35,36). The molecule has 0 aliphatic carbocycles. The minimum atomic E-state index is -0.961. The topological polar surface area (TPSA) is 181 Å². The molecule has 0 radical (unpaired) electrons. The molecule has 0 bridgehead atoms. The number of aryl methyl sites for hydroxylation is 1. The van der Waals surface area contributed by atoms with Crippen molar-refractivity contribution in [2.24, 2.45) is 11.5 Å². The number of carboxylic acids is 1. The van der Waals surface area contributed by atoms with E-state index < -0.39 is 11.9 Å². The summed E-state index contributed by atoms with van der Waals surface area (Å²) in [7, 11) is 0. The number of rotatable bonds is 12. The van der Waals surface area contributed by atoms with Crippen LogP contribution in [0.2, 0.25) is 0 Å². The van der Waals surface area contributed by atoms with Crippen LogP contribution in [0, 0.1) is 12.3 Å². The first-order valence-electron chi connectivity index (χ1n) is 12.4. The number of amides is 2. The second kappa shape index (κ2) is 12.6. The van der Waals surface area contributed by atoms with Gasteiger partial charge in [-0.2, -0.15) is 0 Å². The Hall–Kier alpha value is -4.86. The van der Waals surface area contributed by atoms with Crippen molar-refractivity contribution in [2.45, 2.75) is 46.3 Å². The predicted molar refractivity (Wildman–Crippen MR) is 151 cm³/mol. The van der Waals surface area contributed by atoms with Gasteiger partial charge in [0, 0.05) is 35.5 Å². The van der Waals surface area contributed by atoms with Crippen LogP contribution in [0.1, 0.15) is 63.2 Å². The Balaban J connectivity index is 1.93. The SMILES string of the molecule is Cc1ccc(NCc2cc(C(N)=O)cc(OC(C)C)c2CCC(=O)O)c(C(=O)Nc2ccc(C(=N)N)cc2)c1. The van der Waals surface area contributed by atoms with Gasteiger partial charge in [0.1, 0.15) is 11.6 Å². The largest absolute Gasteiger partial charge is 0.491 e. The summed E-state index contributed by atoms with van der Waals surface area (Å²) in [6.45, 7) is 5.72. The van der Waals surface area contributed by atoms with E-state index >= 15 is 0 Å². The van der Waals surface area contributed by atoms with Crippen LogP contribution in [0.4, 0.5) is 11.4 Å². The van der Waals surface area contributed by atoms with Crippen LogP contribution >= 0.6 is 0 Å². The number of nitrogen functional groups attached to an aromatic ring is 1. The van der Waals surface area contributed by atoms with E-state index in [2.05, 4.69) is 10.6 Å². The second-order valence-corrected chi connectivity index (χ2v) is 9.38. The Morgan fingerprint density at radius 3 is 2.28 bits per heavy atom. The summed E-state index contributed by atoms with van der Waals surface area (Å²) in [4.78, 5) is 36.6. The van der Waals surface area contributed by atoms with E-state index in [4.69, 9.17) is 21.6 Å². The fraction of sp³-hybridized carbons (Fsp3) is 0.241. The van der Waals surface area contributed by atoms with Gasteiger partial charge in [-0.3, -0.25) is 19.8 Å². The van der Waals surface area contributed by atoms with E-state index in [1.165, 1.54) is 6.07 Å². The molecule has 2 amide bonds. The fourth-order valence-electron chi connectivity index (χ4n) is 4.00. The Bertz CT molecular complexity index is 1400. The maximum Gasteiger partial charge on any atom is 0.303 e. The highest BCUT2D eigenvalue weighted by Gasteiger charge is 2.18. The maximum atomic E-state index is 13.2. The van der Waals surface area contributed by atoms with Gasteiger partial charge in [0.2, 0.25) is 5.91 Å². The second-order valence-electron chi connectivity index (χ2n) is 9.38. The Morgan fingerprint density at radius 1 is 1.00 bits per heavy atom. The first-order chi connectivity index (χ1) is 18.4. The lowest BCUT2D eigenvalue weighted by atomic mass is 9.97. The van der Waals surface area contributed by atoms with E-state index in [1.54, 1.807) is 42.5 Å². The van der Waals surface area contributed by atoms with Crippen molar-refractivity contribution in [3.05, 3.63) is 88.0 Å². The predicted octanol–water partition coefficient (Wildman–Crippen LogP) is 4.05. The maximum absolute atomic E-state index is 13.2. The number of nitrogens with two attached hydrogens (primary N) is 2. The van der Waals surface area contributed by atoms with Crippen molar-refractivity contribution < 1.29 is 24.2 Å². The van der Waals surface area contributed by atoms with Crippen molar-refractivity contribution in [3.8, 4) is 5.75 Å². The van der Waals surface area contributed by atoms with Gasteiger partial charge >= 0.3 is 5.97 Å². The van der Waals surface area contributed by atoms with Crippen molar-refractivity contribution in [1.29, 1.82) is 5.41 Å². The molecular formula is C29H33N5O5. The van der Waals surface area contributed by atoms with Crippen LogP contribution in [0.25, 0.3) is 0 Å². The molecular weight excluding hydrogens is 498 g/mol. The number of benzene rings is 3. The number of hydrogen-bond acceptors (Lipinski definition) is 6. The molecule has 0 heterocycles. The molecule has 0 unspecified atom stereocenters. The summed E-state index contributed by atoms with van der Waals surface area (Å²) in [6.07, 6.45) is -0.155. The molecule has 0 fully saturated rings. The summed E-state index contributed by atoms with van der Waals surface area (Å²) < 4.78 is 5.91. The van der Waals surface area contributed by atoms with E-state index in [9.17, 15) is 19.5 Å². The highest BCUT2D eigenvalue weighted by molar-refractivity contribution is 6.08. The number of ether oxygens (including phenoxy) is 1. The van der Waals surface area contributed by atoms with Crippen LogP contribution in [0.15, 0.2) is 54.6 Å². The summed E-state index contributed by atoms with van der Waals surface area (Å²) in [5.74, 6) is -1.62. The fourth-order valence-corrected chi connectivity index (χ4v) is 4.00. The molecule has 39 heavy (non-hydrogen) atoms. The van der Waals surface area contributed by atoms with Gasteiger partial charge in [-0.25, -0.2) is 0 Å². The molecule has 0 saturated heterocycles. The number of aliphatic carboxylic acids is 1. The van der Waals surface area contributed by atoms with Crippen molar-refractivity contribution in [2.75, 3.05) is 10.6 Å². The first kappa shape index (κ1) is 28.7. The normalized spacial score (nSPS) is 10.7. The molecule has 10 heteroatoms. The molecule has 0 aliphatic heterocycles. The van der Waals surface area contributed by atoms with Crippen LogP contribution in [-0.4, -0.2) is 34.8 Å². The van der Waals surface area contributed by atoms with Crippen molar-refractivity contribution in [3.63, 3.8) is 0 Å². The monoisotopic (exact) mass is 531 g/mol. The number of amidine groups is 1. The molecule has 3 rings (SSSR count). The Morgan fingerprint density at radius 2 is 1.69 bits per heavy atom. The average molecular weight is 532 g/mol. The molecule has 0 spiro atoms. The van der Waals surface area contributed by atoms with Gasteiger partial charge in [-0.05, 0) is 86.8 Å². The molecule has 0 atom stereocenters. The zero-order valence-electron chi connectivity index (χ0n) is 22.1. The average Bonchev–Trinajstić information content (AvgIpc) is 2.86. The van der Waals surface area contributed by atoms with Crippen LogP contribution in [-0.2, 0) is 17.8 Å². The Labute approximate surface area is 226 Å². The lowest BCUT2D eigenvalue weighted by molar-refractivity contribution is -0.136. The van der Waals surface area contributed by atoms with Crippen molar-refractivity contribution in [1.82, 2.24) is 0 Å². The molecule has 204 valence electrons. The van der Waals surface area contributed by atoms with Crippen LogP contribution in [0.3, 0.4) is 0 Å². The summed E-state index contributed by atoms with van der Waals surface area (Å²) in [5, 5.41) is 22.9. The molecule has 10 nitrogen and oxygen atoms in total. The van der Waals surface area contributed by atoms with E-state index in [0.29, 0.717) is 39.4 Å². The number of carboxylic acid groups (broad SMARTS) is 1. The first-order valence-corrected chi connectivity index (χ1v) is 12.4. The third-order valence-electron chi connectivity index (χ3n) is 5.88. The number of carbonyl (C=O) groups excluding carboxylic acids is 2. The zero-order valence-corrected chi connectivity index (χ0v) is 22.1. The number of nitrogens with one attached hydrogen (secondary N) is 3. The number of anilines is 2. The number of primary amides is 1. The van der Waals surface area contributed by atoms with Gasteiger partial charge in [0.05, 0.1) is 11.7 Å². The van der Waals surface area contributed by atoms with Gasteiger partial charge in [0.25, 0.3) is 5.91 Å². The van der Waals surface area contributed by atoms with Gasteiger partial charge in [0.15, 0.2) is 0 Å². The third-order valence-corrected chi connectivity index (χ3v) is 5.88. The van der Waals surface area contributed by atoms with E-state index in [-0.39, 0.29) is 42.8 Å². The highest BCUT2D eigenvalue weighted by atomic mass is 16.5.